The van der Waals surface area contributed by atoms with Gasteiger partial charge < -0.3 is 10.1 Å². The number of halogens is 2. The molecule has 0 amide bonds. The second-order valence-corrected chi connectivity index (χ2v) is 6.83. The Balaban J connectivity index is 1.89. The summed E-state index contributed by atoms with van der Waals surface area (Å²) in [7, 11) is 0. The fourth-order valence-electron chi connectivity index (χ4n) is 1.45. The van der Waals surface area contributed by atoms with Crippen molar-refractivity contribution in [2.45, 2.75) is 19.8 Å². The maximum atomic E-state index is 5.84. The van der Waals surface area contributed by atoms with Crippen LogP contribution in [-0.4, -0.2) is 28.1 Å². The third-order valence-corrected chi connectivity index (χ3v) is 4.16. The van der Waals surface area contributed by atoms with Crippen LogP contribution in [0.3, 0.4) is 0 Å². The highest BCUT2D eigenvalue weighted by Crippen LogP contribution is 2.22. The molecule has 0 saturated carbocycles. The van der Waals surface area contributed by atoms with Crippen molar-refractivity contribution in [3.8, 4) is 6.01 Å². The van der Waals surface area contributed by atoms with E-state index < -0.39 is 0 Å². The van der Waals surface area contributed by atoms with E-state index in [0.29, 0.717) is 12.6 Å². The molecule has 8 heteroatoms. The zero-order chi connectivity index (χ0) is 14.4. The molecule has 0 aliphatic heterocycles. The second kappa shape index (κ2) is 7.75. The molecule has 0 fully saturated rings. The van der Waals surface area contributed by atoms with E-state index in [-0.39, 0.29) is 11.3 Å². The lowest BCUT2D eigenvalue weighted by Gasteiger charge is -2.06. The number of nitrogens with one attached hydrogen (secondary N) is 1. The van der Waals surface area contributed by atoms with Crippen molar-refractivity contribution in [2.75, 3.05) is 18.5 Å². The molecule has 108 valence electrons. The van der Waals surface area contributed by atoms with E-state index in [0.717, 1.165) is 23.2 Å². The summed E-state index contributed by atoms with van der Waals surface area (Å²) in [6.07, 6.45) is 1.78. The van der Waals surface area contributed by atoms with Crippen LogP contribution in [0.15, 0.2) is 15.9 Å². The number of hydrogen-bond donors (Lipinski definition) is 1. The van der Waals surface area contributed by atoms with Crippen molar-refractivity contribution >= 4 is 44.8 Å². The number of anilines is 1. The van der Waals surface area contributed by atoms with Crippen LogP contribution in [0.4, 0.5) is 5.95 Å². The molecule has 0 radical (unpaired) electrons. The van der Waals surface area contributed by atoms with E-state index in [1.165, 1.54) is 4.88 Å². The van der Waals surface area contributed by atoms with Crippen LogP contribution in [0, 0.1) is 0 Å². The van der Waals surface area contributed by atoms with E-state index in [1.54, 1.807) is 11.3 Å². The van der Waals surface area contributed by atoms with Crippen LogP contribution < -0.4 is 10.1 Å². The van der Waals surface area contributed by atoms with Crippen LogP contribution >= 0.6 is 38.9 Å². The quantitative estimate of drug-likeness (QED) is 0.795. The van der Waals surface area contributed by atoms with Gasteiger partial charge in [0, 0.05) is 11.4 Å². The fraction of sp³-hybridized carbons (Fsp3) is 0.417. The van der Waals surface area contributed by atoms with Gasteiger partial charge in [-0.3, -0.25) is 0 Å². The first kappa shape index (κ1) is 15.5. The molecular formula is C12H14BrClN4OS. The van der Waals surface area contributed by atoms with E-state index in [1.807, 2.05) is 13.0 Å². The van der Waals surface area contributed by atoms with Crippen LogP contribution in [0.5, 0.6) is 6.01 Å². The van der Waals surface area contributed by atoms with Gasteiger partial charge in [-0.2, -0.15) is 15.0 Å². The molecule has 0 saturated heterocycles. The Morgan fingerprint density at radius 2 is 2.20 bits per heavy atom. The van der Waals surface area contributed by atoms with Gasteiger partial charge in [0.15, 0.2) is 0 Å². The van der Waals surface area contributed by atoms with E-state index in [9.17, 15) is 0 Å². The molecule has 2 rings (SSSR count). The molecule has 0 spiro atoms. The van der Waals surface area contributed by atoms with Gasteiger partial charge >= 0.3 is 6.01 Å². The number of aromatic nitrogens is 3. The molecule has 0 unspecified atom stereocenters. The largest absolute Gasteiger partial charge is 0.463 e. The summed E-state index contributed by atoms with van der Waals surface area (Å²) in [5.41, 5.74) is 0. The molecule has 0 aliphatic rings. The number of rotatable bonds is 7. The monoisotopic (exact) mass is 376 g/mol. The SMILES string of the molecule is CCCOc1nc(Cl)nc(NCCc2ccc(Br)s2)n1. The third-order valence-electron chi connectivity index (χ3n) is 2.31. The highest BCUT2D eigenvalue weighted by atomic mass is 79.9. The molecule has 2 heterocycles. The summed E-state index contributed by atoms with van der Waals surface area (Å²) in [5.74, 6) is 0.437. The van der Waals surface area contributed by atoms with Crippen molar-refractivity contribution in [2.24, 2.45) is 0 Å². The number of ether oxygens (including phenoxy) is 1. The van der Waals surface area contributed by atoms with Gasteiger partial charge in [-0.05, 0) is 52.5 Å². The molecule has 2 aromatic rings. The first-order valence-electron chi connectivity index (χ1n) is 6.20. The van der Waals surface area contributed by atoms with Crippen molar-refractivity contribution in [3.63, 3.8) is 0 Å². The zero-order valence-electron chi connectivity index (χ0n) is 10.9. The molecule has 0 atom stereocenters. The lowest BCUT2D eigenvalue weighted by molar-refractivity contribution is 0.291. The predicted molar refractivity (Wildman–Crippen MR) is 84.8 cm³/mol. The third kappa shape index (κ3) is 4.88. The molecule has 0 bridgehead atoms. The minimum absolute atomic E-state index is 0.132. The van der Waals surface area contributed by atoms with Gasteiger partial charge in [-0.1, -0.05) is 6.92 Å². The van der Waals surface area contributed by atoms with E-state index in [4.69, 9.17) is 16.3 Å². The average Bonchev–Trinajstić information content (AvgIpc) is 2.81. The second-order valence-electron chi connectivity index (χ2n) is 3.94. The van der Waals surface area contributed by atoms with E-state index in [2.05, 4.69) is 42.3 Å². The van der Waals surface area contributed by atoms with Crippen molar-refractivity contribution in [3.05, 3.63) is 26.1 Å². The van der Waals surface area contributed by atoms with Crippen LogP contribution in [0.2, 0.25) is 5.28 Å². The first-order valence-corrected chi connectivity index (χ1v) is 8.18. The highest BCUT2D eigenvalue weighted by molar-refractivity contribution is 9.11. The van der Waals surface area contributed by atoms with Gasteiger partial charge in [0.25, 0.3) is 0 Å². The topological polar surface area (TPSA) is 59.9 Å². The Labute approximate surface area is 134 Å². The number of nitrogens with zero attached hydrogens (tertiary/aromatic N) is 3. The first-order chi connectivity index (χ1) is 9.67. The lowest BCUT2D eigenvalue weighted by Crippen LogP contribution is -2.10. The summed E-state index contributed by atoms with van der Waals surface area (Å²) < 4.78 is 6.48. The fourth-order valence-corrected chi connectivity index (χ4v) is 3.09. The summed E-state index contributed by atoms with van der Waals surface area (Å²) >= 11 is 11.0. The summed E-state index contributed by atoms with van der Waals surface area (Å²) in [5, 5.41) is 3.26. The van der Waals surface area contributed by atoms with Crippen LogP contribution in [0.1, 0.15) is 18.2 Å². The maximum absolute atomic E-state index is 5.84. The average molecular weight is 378 g/mol. The highest BCUT2D eigenvalue weighted by Gasteiger charge is 2.06. The van der Waals surface area contributed by atoms with Crippen molar-refractivity contribution < 1.29 is 4.74 Å². The van der Waals surface area contributed by atoms with Crippen molar-refractivity contribution in [1.29, 1.82) is 0 Å². The Kier molecular flexibility index (Phi) is 6.00. The Morgan fingerprint density at radius 1 is 1.35 bits per heavy atom. The van der Waals surface area contributed by atoms with Crippen LogP contribution in [-0.2, 0) is 6.42 Å². The van der Waals surface area contributed by atoms with Gasteiger partial charge in [-0.15, -0.1) is 11.3 Å². The molecule has 0 aromatic carbocycles. The van der Waals surface area contributed by atoms with Gasteiger partial charge in [-0.25, -0.2) is 0 Å². The van der Waals surface area contributed by atoms with Gasteiger partial charge in [0.2, 0.25) is 11.2 Å². The molecule has 0 aliphatic carbocycles. The smallest absolute Gasteiger partial charge is 0.322 e. The predicted octanol–water partition coefficient (Wildman–Crippen LogP) is 3.79. The van der Waals surface area contributed by atoms with E-state index >= 15 is 0 Å². The molecule has 1 N–H and O–H groups in total. The lowest BCUT2D eigenvalue weighted by atomic mass is 10.3. The standard InChI is InChI=1S/C12H14BrClN4OS/c1-2-7-19-12-17-10(14)16-11(18-12)15-6-5-8-3-4-9(13)20-8/h3-4H,2,5-7H2,1H3,(H,15,16,17,18). The number of thiophene rings is 1. The summed E-state index contributed by atoms with van der Waals surface area (Å²) in [6, 6.07) is 4.39. The van der Waals surface area contributed by atoms with Crippen LogP contribution in [0.25, 0.3) is 0 Å². The molecule has 20 heavy (non-hydrogen) atoms. The Morgan fingerprint density at radius 3 is 2.90 bits per heavy atom. The molecular weight excluding hydrogens is 364 g/mol. The Hall–Kier alpha value is -0.920. The molecule has 5 nitrogen and oxygen atoms in total. The minimum atomic E-state index is 0.132. The maximum Gasteiger partial charge on any atom is 0.322 e. The van der Waals surface area contributed by atoms with Crippen molar-refractivity contribution in [1.82, 2.24) is 15.0 Å². The van der Waals surface area contributed by atoms with Gasteiger partial charge in [0.05, 0.1) is 10.4 Å². The summed E-state index contributed by atoms with van der Waals surface area (Å²) in [4.78, 5) is 13.4. The minimum Gasteiger partial charge on any atom is -0.463 e. The Bertz CT molecular complexity index is 566. The van der Waals surface area contributed by atoms with Gasteiger partial charge in [0.1, 0.15) is 0 Å². The number of hydrogen-bond acceptors (Lipinski definition) is 6. The zero-order valence-corrected chi connectivity index (χ0v) is 14.1. The molecule has 2 aromatic heterocycles. The summed E-state index contributed by atoms with van der Waals surface area (Å²) in [6.45, 7) is 3.30. The normalized spacial score (nSPS) is 10.6.